The number of benzene rings is 2. The summed E-state index contributed by atoms with van der Waals surface area (Å²) < 4.78 is 0. The third-order valence-corrected chi connectivity index (χ3v) is 8.83. The van der Waals surface area contributed by atoms with Gasteiger partial charge in [0.05, 0.1) is 18.0 Å². The van der Waals surface area contributed by atoms with Gasteiger partial charge in [-0.25, -0.2) is 4.98 Å². The van der Waals surface area contributed by atoms with Gasteiger partial charge in [0.2, 0.25) is 0 Å². The fraction of sp³-hybridized carbons (Fsp3) is 0.414. The molecule has 176 valence electrons. The molecule has 0 unspecified atom stereocenters. The molecule has 1 aromatic heterocycles. The van der Waals surface area contributed by atoms with Gasteiger partial charge in [0, 0.05) is 33.3 Å². The lowest BCUT2D eigenvalue weighted by Gasteiger charge is -2.57. The van der Waals surface area contributed by atoms with Crippen LogP contribution in [0.3, 0.4) is 0 Å². The number of nitrogens with zero attached hydrogens (tertiary/aromatic N) is 1. The molecule has 0 amide bonds. The molecule has 0 atom stereocenters. The van der Waals surface area contributed by atoms with Crippen LogP contribution in [0.1, 0.15) is 49.7 Å². The monoisotopic (exact) mass is 492 g/mol. The molecule has 0 spiro atoms. The van der Waals surface area contributed by atoms with Crippen molar-refractivity contribution in [3.63, 3.8) is 0 Å². The zero-order chi connectivity index (χ0) is 23.3. The van der Waals surface area contributed by atoms with Gasteiger partial charge >= 0.3 is 0 Å². The molecule has 4 bridgehead atoms. The van der Waals surface area contributed by atoms with Crippen molar-refractivity contribution >= 4 is 23.2 Å². The van der Waals surface area contributed by atoms with E-state index in [9.17, 15) is 5.11 Å². The van der Waals surface area contributed by atoms with Crippen LogP contribution in [0.5, 0.6) is 0 Å². The van der Waals surface area contributed by atoms with Crippen molar-refractivity contribution in [3.8, 4) is 22.5 Å². The normalized spacial score (nSPS) is 27.3. The SMILES string of the molecule is OCc1cc(-c2ccc(Cl)cc2)nc(-c2ccc(Cl)cc2)c1CNC12CC3CC(CC(C3)C1)C2. The van der Waals surface area contributed by atoms with E-state index in [1.165, 1.54) is 38.5 Å². The third kappa shape index (κ3) is 4.28. The Morgan fingerprint density at radius 1 is 0.824 bits per heavy atom. The molecule has 0 saturated heterocycles. The zero-order valence-corrected chi connectivity index (χ0v) is 20.7. The lowest BCUT2D eigenvalue weighted by atomic mass is 9.53. The molecule has 34 heavy (non-hydrogen) atoms. The Morgan fingerprint density at radius 2 is 1.35 bits per heavy atom. The van der Waals surface area contributed by atoms with Crippen LogP contribution >= 0.6 is 23.2 Å². The van der Waals surface area contributed by atoms with Crippen LogP contribution in [0.25, 0.3) is 22.5 Å². The first kappa shape index (κ1) is 22.5. The number of pyridine rings is 1. The molecule has 3 nitrogen and oxygen atoms in total. The largest absolute Gasteiger partial charge is 0.392 e. The smallest absolute Gasteiger partial charge is 0.0758 e. The molecular weight excluding hydrogens is 463 g/mol. The summed E-state index contributed by atoms with van der Waals surface area (Å²) in [6.07, 6.45) is 8.16. The minimum Gasteiger partial charge on any atom is -0.392 e. The maximum absolute atomic E-state index is 10.4. The number of rotatable bonds is 6. The number of aliphatic hydroxyl groups is 1. The highest BCUT2D eigenvalue weighted by Gasteiger charge is 2.50. The molecule has 3 aromatic rings. The molecule has 4 aliphatic carbocycles. The van der Waals surface area contributed by atoms with Crippen molar-refractivity contribution < 1.29 is 5.11 Å². The summed E-state index contributed by atoms with van der Waals surface area (Å²) in [6.45, 7) is 0.690. The molecular formula is C29H30Cl2N2O. The van der Waals surface area contributed by atoms with Crippen molar-refractivity contribution in [2.45, 2.75) is 57.2 Å². The summed E-state index contributed by atoms with van der Waals surface area (Å²) >= 11 is 12.3. The average molecular weight is 493 g/mol. The van der Waals surface area contributed by atoms with Crippen molar-refractivity contribution in [2.24, 2.45) is 17.8 Å². The highest BCUT2D eigenvalue weighted by molar-refractivity contribution is 6.30. The Hall–Kier alpha value is -1.91. The number of halogens is 2. The molecule has 2 N–H and O–H groups in total. The Balaban J connectivity index is 1.39. The van der Waals surface area contributed by atoms with Crippen molar-refractivity contribution in [3.05, 3.63) is 75.8 Å². The lowest BCUT2D eigenvalue weighted by Crippen LogP contribution is -2.58. The van der Waals surface area contributed by atoms with E-state index in [-0.39, 0.29) is 12.1 Å². The Labute approximate surface area is 211 Å². The maximum Gasteiger partial charge on any atom is 0.0758 e. The van der Waals surface area contributed by atoms with Gasteiger partial charge in [0.1, 0.15) is 0 Å². The third-order valence-electron chi connectivity index (χ3n) is 8.32. The second kappa shape index (κ2) is 8.95. The van der Waals surface area contributed by atoms with Crippen LogP contribution in [-0.2, 0) is 13.2 Å². The molecule has 7 rings (SSSR count). The second-order valence-electron chi connectivity index (χ2n) is 10.7. The highest BCUT2D eigenvalue weighted by atomic mass is 35.5. The Morgan fingerprint density at radius 3 is 1.88 bits per heavy atom. The van der Waals surface area contributed by atoms with Gasteiger partial charge in [-0.05, 0) is 97.7 Å². The number of hydrogen-bond acceptors (Lipinski definition) is 3. The molecule has 0 radical (unpaired) electrons. The average Bonchev–Trinajstić information content (AvgIpc) is 2.82. The molecule has 0 aliphatic heterocycles. The van der Waals surface area contributed by atoms with E-state index >= 15 is 0 Å². The fourth-order valence-corrected chi connectivity index (χ4v) is 7.43. The van der Waals surface area contributed by atoms with Crippen LogP contribution < -0.4 is 5.32 Å². The van der Waals surface area contributed by atoms with E-state index < -0.39 is 0 Å². The van der Waals surface area contributed by atoms with Gasteiger partial charge in [0.25, 0.3) is 0 Å². The first-order valence-electron chi connectivity index (χ1n) is 12.4. The van der Waals surface area contributed by atoms with Gasteiger partial charge < -0.3 is 10.4 Å². The van der Waals surface area contributed by atoms with Crippen LogP contribution in [0.15, 0.2) is 54.6 Å². The van der Waals surface area contributed by atoms with Crippen LogP contribution in [-0.4, -0.2) is 15.6 Å². The highest BCUT2D eigenvalue weighted by Crippen LogP contribution is 2.55. The topological polar surface area (TPSA) is 45.2 Å². The Bertz CT molecular complexity index is 1150. The lowest BCUT2D eigenvalue weighted by molar-refractivity contribution is -0.0206. The summed E-state index contributed by atoms with van der Waals surface area (Å²) in [5.41, 5.74) is 5.98. The maximum atomic E-state index is 10.4. The first-order chi connectivity index (χ1) is 16.5. The van der Waals surface area contributed by atoms with Crippen LogP contribution in [0, 0.1) is 17.8 Å². The van der Waals surface area contributed by atoms with Crippen molar-refractivity contribution in [1.29, 1.82) is 0 Å². The number of aromatic nitrogens is 1. The minimum absolute atomic E-state index is 0.0262. The van der Waals surface area contributed by atoms with E-state index in [2.05, 4.69) is 5.32 Å². The summed E-state index contributed by atoms with van der Waals surface area (Å²) in [6, 6.07) is 17.6. The molecule has 1 heterocycles. The number of aliphatic hydroxyl groups excluding tert-OH is 1. The fourth-order valence-electron chi connectivity index (χ4n) is 7.18. The molecule has 5 heteroatoms. The predicted molar refractivity (Wildman–Crippen MR) is 139 cm³/mol. The Kier molecular flexibility index (Phi) is 5.93. The van der Waals surface area contributed by atoms with Gasteiger partial charge in [-0.3, -0.25) is 0 Å². The summed E-state index contributed by atoms with van der Waals surface area (Å²) in [5, 5.41) is 15.8. The summed E-state index contributed by atoms with van der Waals surface area (Å²) in [7, 11) is 0. The van der Waals surface area contributed by atoms with Gasteiger partial charge in [0.15, 0.2) is 0 Å². The summed E-state index contributed by atoms with van der Waals surface area (Å²) in [4.78, 5) is 5.11. The molecule has 4 aliphatic rings. The quantitative estimate of drug-likeness (QED) is 0.380. The van der Waals surface area contributed by atoms with Crippen LogP contribution in [0.2, 0.25) is 10.0 Å². The van der Waals surface area contributed by atoms with E-state index in [4.69, 9.17) is 28.2 Å². The summed E-state index contributed by atoms with van der Waals surface area (Å²) in [5.74, 6) is 2.66. The van der Waals surface area contributed by atoms with Crippen molar-refractivity contribution in [2.75, 3.05) is 0 Å². The molecule has 4 fully saturated rings. The van der Waals surface area contributed by atoms with E-state index in [0.717, 1.165) is 51.4 Å². The van der Waals surface area contributed by atoms with E-state index in [1.807, 2.05) is 54.6 Å². The predicted octanol–water partition coefficient (Wildman–Crippen LogP) is 7.27. The molecule has 2 aromatic carbocycles. The van der Waals surface area contributed by atoms with Gasteiger partial charge in [-0.15, -0.1) is 0 Å². The number of hydrogen-bond donors (Lipinski definition) is 2. The second-order valence-corrected chi connectivity index (χ2v) is 11.6. The standard InChI is InChI=1S/C29H30Cl2N2O/c30-24-5-1-21(2-6-24)27-12-23(17-34)26(28(33-27)22-3-7-25(31)8-4-22)16-32-29-13-18-9-19(14-29)11-20(10-18)15-29/h1-8,12,18-20,32,34H,9-11,13-17H2. The van der Waals surface area contributed by atoms with Crippen LogP contribution in [0.4, 0.5) is 0 Å². The first-order valence-corrected chi connectivity index (χ1v) is 13.2. The van der Waals surface area contributed by atoms with Gasteiger partial charge in [-0.1, -0.05) is 47.5 Å². The minimum atomic E-state index is -0.0262. The van der Waals surface area contributed by atoms with Gasteiger partial charge in [-0.2, -0.15) is 0 Å². The van der Waals surface area contributed by atoms with E-state index in [0.29, 0.717) is 16.6 Å². The zero-order valence-electron chi connectivity index (χ0n) is 19.2. The van der Waals surface area contributed by atoms with E-state index in [1.54, 1.807) is 0 Å². The molecule has 4 saturated carbocycles. The number of nitrogens with one attached hydrogen (secondary N) is 1. The van der Waals surface area contributed by atoms with Crippen molar-refractivity contribution in [1.82, 2.24) is 10.3 Å².